The van der Waals surface area contributed by atoms with E-state index in [1.165, 1.54) is 0 Å². The smallest absolute Gasteiger partial charge is 0.309 e. The van der Waals surface area contributed by atoms with E-state index in [-0.39, 0.29) is 12.3 Å². The maximum Gasteiger partial charge on any atom is 0.309 e. The summed E-state index contributed by atoms with van der Waals surface area (Å²) < 4.78 is 0. The summed E-state index contributed by atoms with van der Waals surface area (Å²) in [5.74, 6) is -0.688. The van der Waals surface area contributed by atoms with Gasteiger partial charge in [-0.2, -0.15) is 0 Å². The van der Waals surface area contributed by atoms with E-state index < -0.39 is 17.4 Å². The van der Waals surface area contributed by atoms with Crippen LogP contribution in [0.5, 0.6) is 0 Å². The second-order valence-corrected chi connectivity index (χ2v) is 6.99. The number of aromatic nitrogens is 1. The van der Waals surface area contributed by atoms with Gasteiger partial charge in [-0.15, -0.1) is 0 Å². The number of carboxylic acids is 1. The summed E-state index contributed by atoms with van der Waals surface area (Å²) in [6.45, 7) is 2.35. The number of likely N-dealkylation sites (tertiary alicyclic amines) is 1. The van der Waals surface area contributed by atoms with Crippen LogP contribution in [-0.2, 0) is 16.1 Å². The molecule has 1 atom stereocenters. The van der Waals surface area contributed by atoms with Crippen LogP contribution >= 0.6 is 0 Å². The van der Waals surface area contributed by atoms with Crippen LogP contribution in [0, 0.1) is 5.92 Å². The molecule has 0 saturated carbocycles. The monoisotopic (exact) mass is 332 g/mol. The molecule has 0 aliphatic carbocycles. The number of anilines is 1. The first-order valence-corrected chi connectivity index (χ1v) is 8.28. The Kier molecular flexibility index (Phi) is 4.45. The van der Waals surface area contributed by atoms with E-state index >= 15 is 0 Å². The zero-order chi connectivity index (χ0) is 17.3. The molecule has 2 saturated heterocycles. The average Bonchev–Trinajstić information content (AvgIpc) is 2.87. The topological polar surface area (TPSA) is 85.8 Å². The van der Waals surface area contributed by atoms with E-state index in [2.05, 4.69) is 21.3 Å². The Hall–Kier alpha value is -2.15. The third-order valence-corrected chi connectivity index (χ3v) is 5.16. The lowest BCUT2D eigenvalue weighted by Crippen LogP contribution is -2.55. The van der Waals surface area contributed by atoms with Crippen molar-refractivity contribution >= 4 is 17.7 Å². The van der Waals surface area contributed by atoms with Crippen LogP contribution in [-0.4, -0.2) is 59.6 Å². The third-order valence-electron chi connectivity index (χ3n) is 5.16. The quantitative estimate of drug-likeness (QED) is 0.844. The number of carboxylic acid groups (broad SMARTS) is 1. The molecule has 0 aromatic carbocycles. The van der Waals surface area contributed by atoms with Crippen molar-refractivity contribution in [1.29, 1.82) is 0 Å². The predicted octanol–water partition coefficient (Wildman–Crippen LogP) is 0.703. The molecule has 0 radical (unpaired) electrons. The molecule has 2 N–H and O–H groups in total. The van der Waals surface area contributed by atoms with Crippen molar-refractivity contribution in [3.05, 3.63) is 23.9 Å². The molecule has 1 aromatic heterocycles. The van der Waals surface area contributed by atoms with Gasteiger partial charge in [0.2, 0.25) is 5.91 Å². The number of aliphatic carboxylic acids is 1. The van der Waals surface area contributed by atoms with Gasteiger partial charge in [0.05, 0.1) is 11.5 Å². The first kappa shape index (κ1) is 16.7. The molecule has 24 heavy (non-hydrogen) atoms. The fraction of sp³-hybridized carbons (Fsp3) is 0.588. The van der Waals surface area contributed by atoms with Crippen LogP contribution in [0.15, 0.2) is 18.3 Å². The molecule has 1 amide bonds. The van der Waals surface area contributed by atoms with Gasteiger partial charge in [0.1, 0.15) is 5.82 Å². The number of pyridine rings is 1. The summed E-state index contributed by atoms with van der Waals surface area (Å²) in [5, 5.41) is 12.3. The number of carbonyl (C=O) groups is 2. The maximum absolute atomic E-state index is 11.7. The Morgan fingerprint density at radius 1 is 1.42 bits per heavy atom. The Morgan fingerprint density at radius 3 is 2.67 bits per heavy atom. The largest absolute Gasteiger partial charge is 0.481 e. The molecule has 7 nitrogen and oxygen atoms in total. The highest BCUT2D eigenvalue weighted by Crippen LogP contribution is 2.37. The summed E-state index contributed by atoms with van der Waals surface area (Å²) in [4.78, 5) is 31.8. The summed E-state index contributed by atoms with van der Waals surface area (Å²) >= 11 is 0. The summed E-state index contributed by atoms with van der Waals surface area (Å²) in [6, 6.07) is 4.07. The Morgan fingerprint density at radius 2 is 2.12 bits per heavy atom. The molecule has 3 rings (SSSR count). The van der Waals surface area contributed by atoms with E-state index in [0.29, 0.717) is 12.8 Å². The Balaban J connectivity index is 1.61. The van der Waals surface area contributed by atoms with Gasteiger partial charge in [-0.1, -0.05) is 6.07 Å². The van der Waals surface area contributed by atoms with Gasteiger partial charge in [0.15, 0.2) is 0 Å². The number of nitrogens with zero attached hydrogens (tertiary/aromatic N) is 3. The highest BCUT2D eigenvalue weighted by atomic mass is 16.4. The van der Waals surface area contributed by atoms with Crippen LogP contribution in [0.2, 0.25) is 0 Å². The van der Waals surface area contributed by atoms with Gasteiger partial charge >= 0.3 is 5.97 Å². The van der Waals surface area contributed by atoms with Crippen molar-refractivity contribution in [2.75, 3.05) is 32.1 Å². The molecule has 1 unspecified atom stereocenters. The van der Waals surface area contributed by atoms with Gasteiger partial charge in [0, 0.05) is 46.3 Å². The molecule has 7 heteroatoms. The number of hydrogen-bond acceptors (Lipinski definition) is 5. The molecule has 0 bridgehead atoms. The van der Waals surface area contributed by atoms with Gasteiger partial charge in [0.25, 0.3) is 0 Å². The van der Waals surface area contributed by atoms with Gasteiger partial charge in [-0.05, 0) is 24.5 Å². The van der Waals surface area contributed by atoms with Crippen molar-refractivity contribution in [1.82, 2.24) is 15.2 Å². The lowest BCUT2D eigenvalue weighted by atomic mass is 9.77. The van der Waals surface area contributed by atoms with Crippen molar-refractivity contribution in [2.45, 2.75) is 31.3 Å². The molecule has 2 fully saturated rings. The summed E-state index contributed by atoms with van der Waals surface area (Å²) in [5.41, 5.74) is 0.577. The molecule has 2 aliphatic rings. The minimum Gasteiger partial charge on any atom is -0.481 e. The molecule has 3 heterocycles. The van der Waals surface area contributed by atoms with Crippen LogP contribution in [0.3, 0.4) is 0 Å². The fourth-order valence-corrected chi connectivity index (χ4v) is 3.74. The SMILES string of the molecule is CN(C)c1ccc(CN2CCC3(CC2)NC(=O)CC3C(=O)O)cn1. The van der Waals surface area contributed by atoms with Crippen molar-refractivity contribution < 1.29 is 14.7 Å². The first-order valence-electron chi connectivity index (χ1n) is 8.28. The van der Waals surface area contributed by atoms with Crippen LogP contribution in [0.1, 0.15) is 24.8 Å². The first-order chi connectivity index (χ1) is 11.4. The average molecular weight is 332 g/mol. The zero-order valence-electron chi connectivity index (χ0n) is 14.2. The molecule has 2 aliphatic heterocycles. The van der Waals surface area contributed by atoms with Crippen LogP contribution in [0.4, 0.5) is 5.82 Å². The molecule has 1 spiro atoms. The van der Waals surface area contributed by atoms with E-state index in [0.717, 1.165) is 31.0 Å². The number of amides is 1. The second-order valence-electron chi connectivity index (χ2n) is 6.99. The Bertz CT molecular complexity index is 621. The van der Waals surface area contributed by atoms with Crippen molar-refractivity contribution in [3.63, 3.8) is 0 Å². The van der Waals surface area contributed by atoms with Gasteiger partial charge in [-0.25, -0.2) is 4.98 Å². The van der Waals surface area contributed by atoms with E-state index in [4.69, 9.17) is 0 Å². The standard InChI is InChI=1S/C17H24N4O3/c1-20(2)14-4-3-12(10-18-14)11-21-7-5-17(6-8-21)13(16(23)24)9-15(22)19-17/h3-4,10,13H,5-9,11H2,1-2H3,(H,19,22)(H,23,24). The normalized spacial score (nSPS) is 23.2. The highest BCUT2D eigenvalue weighted by Gasteiger charge is 2.51. The summed E-state index contributed by atoms with van der Waals surface area (Å²) in [6.07, 6.45) is 3.35. The van der Waals surface area contributed by atoms with E-state index in [1.54, 1.807) is 0 Å². The minimum atomic E-state index is -0.870. The fourth-order valence-electron chi connectivity index (χ4n) is 3.74. The minimum absolute atomic E-state index is 0.102. The predicted molar refractivity (Wildman–Crippen MR) is 89.7 cm³/mol. The lowest BCUT2D eigenvalue weighted by Gasteiger charge is -2.41. The lowest BCUT2D eigenvalue weighted by molar-refractivity contribution is -0.144. The van der Waals surface area contributed by atoms with Crippen LogP contribution in [0.25, 0.3) is 0 Å². The third kappa shape index (κ3) is 3.21. The molecular weight excluding hydrogens is 308 g/mol. The number of nitrogens with one attached hydrogen (secondary N) is 1. The highest BCUT2D eigenvalue weighted by molar-refractivity contribution is 5.88. The summed E-state index contributed by atoms with van der Waals surface area (Å²) in [7, 11) is 3.92. The number of hydrogen-bond donors (Lipinski definition) is 2. The Labute approximate surface area is 141 Å². The van der Waals surface area contributed by atoms with Crippen LogP contribution < -0.4 is 10.2 Å². The van der Waals surface area contributed by atoms with E-state index in [1.807, 2.05) is 31.3 Å². The maximum atomic E-state index is 11.7. The van der Waals surface area contributed by atoms with Crippen molar-refractivity contribution in [2.24, 2.45) is 5.92 Å². The second kappa shape index (κ2) is 6.39. The molecule has 1 aromatic rings. The van der Waals surface area contributed by atoms with Gasteiger partial charge < -0.3 is 15.3 Å². The molecular formula is C17H24N4O3. The van der Waals surface area contributed by atoms with Gasteiger partial charge in [-0.3, -0.25) is 14.5 Å². The number of piperidine rings is 1. The number of rotatable bonds is 4. The zero-order valence-corrected chi connectivity index (χ0v) is 14.2. The van der Waals surface area contributed by atoms with Crippen molar-refractivity contribution in [3.8, 4) is 0 Å². The van der Waals surface area contributed by atoms with E-state index in [9.17, 15) is 14.7 Å². The molecule has 130 valence electrons. The number of carbonyl (C=O) groups excluding carboxylic acids is 1.